The highest BCUT2D eigenvalue weighted by Crippen LogP contribution is 2.47. The predicted octanol–water partition coefficient (Wildman–Crippen LogP) is 16.9. The summed E-state index contributed by atoms with van der Waals surface area (Å²) in [7, 11) is 0. The first kappa shape index (κ1) is 44.1. The maximum Gasteiger partial charge on any atom is 0.174 e. The molecule has 0 radical (unpaired) electrons. The fraction of sp³-hybridized carbons (Fsp3) is 0.810. The number of carbonyl (C=O) groups excluding carboxylic acids is 2. The van der Waals surface area contributed by atoms with Crippen LogP contribution in [0.2, 0.25) is 0 Å². The van der Waals surface area contributed by atoms with E-state index in [9.17, 15) is 9.59 Å². The third-order valence-electron chi connectivity index (χ3n) is 9.91. The van der Waals surface area contributed by atoms with Crippen LogP contribution in [0.1, 0.15) is 227 Å². The number of fused-ring (bicyclic) bond motifs is 1. The third-order valence-corrected chi connectivity index (χ3v) is 15.2. The molecule has 2 aromatic rings. The predicted molar refractivity (Wildman–Crippen MR) is 223 cm³/mol. The van der Waals surface area contributed by atoms with E-state index in [0.29, 0.717) is 25.0 Å². The van der Waals surface area contributed by atoms with Crippen molar-refractivity contribution in [2.24, 2.45) is 0 Å². The van der Waals surface area contributed by atoms with Crippen LogP contribution in [0.25, 0.3) is 9.40 Å². The smallest absolute Gasteiger partial charge is 0.174 e. The summed E-state index contributed by atoms with van der Waals surface area (Å²) in [6.45, 7) is 4.57. The summed E-state index contributed by atoms with van der Waals surface area (Å²) in [4.78, 5) is 27.8. The van der Waals surface area contributed by atoms with Crippen molar-refractivity contribution < 1.29 is 9.59 Å². The highest BCUT2D eigenvalue weighted by atomic mass is 79.9. The lowest BCUT2D eigenvalue weighted by Gasteiger charge is -2.04. The Morgan fingerprint density at radius 1 is 0.438 bits per heavy atom. The lowest BCUT2D eigenvalue weighted by molar-refractivity contribution is -0.118. The molecule has 2 aromatic heterocycles. The van der Waals surface area contributed by atoms with E-state index in [4.69, 9.17) is 0 Å². The second-order valence-electron chi connectivity index (χ2n) is 14.4. The molecule has 0 aliphatic rings. The summed E-state index contributed by atoms with van der Waals surface area (Å²) in [5, 5.41) is 0. The molecule has 0 saturated heterocycles. The van der Waals surface area contributed by atoms with Crippen LogP contribution in [0.15, 0.2) is 8.95 Å². The topological polar surface area (TPSA) is 34.1 Å². The number of unbranched alkanes of at least 4 members (excludes halogenated alkanes) is 27. The molecule has 48 heavy (non-hydrogen) atoms. The minimum Gasteiger partial charge on any atom is -0.299 e. The minimum absolute atomic E-state index is 0.257. The number of hydrogen-bond donors (Lipinski definition) is 0. The van der Waals surface area contributed by atoms with Crippen LogP contribution in [-0.2, 0) is 11.2 Å². The second kappa shape index (κ2) is 29.5. The Morgan fingerprint density at radius 3 is 1.15 bits per heavy atom. The molecule has 0 spiro atoms. The third kappa shape index (κ3) is 19.5. The molecule has 0 amide bonds. The van der Waals surface area contributed by atoms with E-state index >= 15 is 0 Å². The van der Waals surface area contributed by atoms with Gasteiger partial charge in [-0.25, -0.2) is 0 Å². The highest BCUT2D eigenvalue weighted by Gasteiger charge is 2.23. The van der Waals surface area contributed by atoms with Gasteiger partial charge in [0.1, 0.15) is 5.78 Å². The van der Waals surface area contributed by atoms with Crippen LogP contribution in [0.5, 0.6) is 0 Å². The summed E-state index contributed by atoms with van der Waals surface area (Å²) >= 11 is 10.8. The Morgan fingerprint density at radius 2 is 0.771 bits per heavy atom. The summed E-state index contributed by atoms with van der Waals surface area (Å²) in [6, 6.07) is 0. The van der Waals surface area contributed by atoms with Crippen LogP contribution in [0, 0.1) is 0 Å². The normalized spacial score (nSPS) is 11.7. The van der Waals surface area contributed by atoms with E-state index in [1.807, 2.05) is 0 Å². The van der Waals surface area contributed by atoms with Crippen LogP contribution in [0.4, 0.5) is 0 Å². The van der Waals surface area contributed by atoms with Gasteiger partial charge in [-0.05, 0) is 44.7 Å². The molecule has 2 nitrogen and oxygen atoms in total. The minimum atomic E-state index is 0.257. The molecule has 0 aliphatic heterocycles. The van der Waals surface area contributed by atoms with Crippen molar-refractivity contribution in [2.45, 2.75) is 219 Å². The molecule has 6 heteroatoms. The quantitative estimate of drug-likeness (QED) is 0.0520. The zero-order chi connectivity index (χ0) is 34.7. The Hall–Kier alpha value is -0.0400. The maximum atomic E-state index is 13.1. The highest BCUT2D eigenvalue weighted by molar-refractivity contribution is 9.11. The first-order valence-electron chi connectivity index (χ1n) is 20.4. The maximum absolute atomic E-state index is 13.1. The van der Waals surface area contributed by atoms with Gasteiger partial charge in [0.2, 0.25) is 0 Å². The zero-order valence-corrected chi connectivity index (χ0v) is 35.8. The van der Waals surface area contributed by atoms with Gasteiger partial charge in [0.05, 0.1) is 18.7 Å². The van der Waals surface area contributed by atoms with Gasteiger partial charge in [0.15, 0.2) is 5.78 Å². The van der Waals surface area contributed by atoms with E-state index in [1.165, 1.54) is 167 Å². The lowest BCUT2D eigenvalue weighted by Crippen LogP contribution is -2.01. The largest absolute Gasteiger partial charge is 0.299 e. The number of halogens is 2. The van der Waals surface area contributed by atoms with Crippen LogP contribution in [-0.4, -0.2) is 11.6 Å². The summed E-state index contributed by atoms with van der Waals surface area (Å²) in [5.41, 5.74) is 0. The van der Waals surface area contributed by atoms with Crippen LogP contribution < -0.4 is 0 Å². The molecule has 0 aliphatic carbocycles. The van der Waals surface area contributed by atoms with Gasteiger partial charge in [-0.3, -0.25) is 9.59 Å². The van der Waals surface area contributed by atoms with Gasteiger partial charge in [-0.1, -0.05) is 187 Å². The monoisotopic (exact) mass is 828 g/mol. The van der Waals surface area contributed by atoms with Gasteiger partial charge in [-0.15, -0.1) is 22.7 Å². The molecule has 2 heterocycles. The fourth-order valence-electron chi connectivity index (χ4n) is 6.77. The molecule has 0 N–H and O–H groups in total. The van der Waals surface area contributed by atoms with Crippen LogP contribution >= 0.6 is 54.5 Å². The van der Waals surface area contributed by atoms with Crippen molar-refractivity contribution in [1.29, 1.82) is 0 Å². The van der Waals surface area contributed by atoms with E-state index in [2.05, 4.69) is 45.7 Å². The molecule has 0 fully saturated rings. The standard InChI is InChI=1S/C42H70Br2O2S2/c1-3-5-7-9-11-13-15-17-19-21-23-25-27-29-31-33-36(46)40-39(44)42-41(48-40)38(43)37(47-42)34-35(45)32-30-28-26-24-22-20-18-16-14-12-10-8-6-4-2/h3-34H2,1-2H3. The molecular formula is C42H70Br2O2S2. The van der Waals surface area contributed by atoms with E-state index < -0.39 is 0 Å². The number of ketones is 2. The average Bonchev–Trinajstić information content (AvgIpc) is 3.57. The molecule has 0 unspecified atom stereocenters. The number of carbonyl (C=O) groups is 2. The molecule has 0 bridgehead atoms. The molecule has 2 rings (SSSR count). The first-order chi connectivity index (χ1) is 23.5. The molecule has 0 aromatic carbocycles. The van der Waals surface area contributed by atoms with Crippen molar-refractivity contribution in [2.75, 3.05) is 0 Å². The van der Waals surface area contributed by atoms with Gasteiger partial charge >= 0.3 is 0 Å². The van der Waals surface area contributed by atoms with Gasteiger partial charge in [-0.2, -0.15) is 0 Å². The van der Waals surface area contributed by atoms with Gasteiger partial charge < -0.3 is 0 Å². The van der Waals surface area contributed by atoms with Crippen molar-refractivity contribution in [3.63, 3.8) is 0 Å². The Labute approximate surface area is 321 Å². The summed E-state index contributed by atoms with van der Waals surface area (Å²) < 4.78 is 4.19. The number of thiophene rings is 2. The number of rotatable bonds is 34. The molecule has 0 atom stereocenters. The van der Waals surface area contributed by atoms with Crippen LogP contribution in [0.3, 0.4) is 0 Å². The molecule has 0 saturated carbocycles. The second-order valence-corrected chi connectivity index (χ2v) is 18.1. The van der Waals surface area contributed by atoms with Crippen molar-refractivity contribution >= 4 is 75.5 Å². The summed E-state index contributed by atoms with van der Waals surface area (Å²) in [5.74, 6) is 0.594. The van der Waals surface area contributed by atoms with Gasteiger partial charge in [0.25, 0.3) is 0 Å². The molecular weight excluding hydrogens is 760 g/mol. The van der Waals surface area contributed by atoms with E-state index in [-0.39, 0.29) is 5.78 Å². The van der Waals surface area contributed by atoms with Crippen molar-refractivity contribution in [3.05, 3.63) is 18.7 Å². The fourth-order valence-corrected chi connectivity index (χ4v) is 11.2. The SMILES string of the molecule is CCCCCCCCCCCCCCCCCC(=O)c1sc2c(Br)c(CC(=O)CCCCCCCCCCCCCCCC)sc2c1Br. The van der Waals surface area contributed by atoms with Crippen molar-refractivity contribution in [3.8, 4) is 0 Å². The zero-order valence-electron chi connectivity index (χ0n) is 31.0. The van der Waals surface area contributed by atoms with E-state index in [0.717, 1.165) is 47.4 Å². The Bertz CT molecular complexity index is 1100. The number of hydrogen-bond acceptors (Lipinski definition) is 4. The summed E-state index contributed by atoms with van der Waals surface area (Å²) in [6.07, 6.45) is 40.5. The van der Waals surface area contributed by atoms with Gasteiger partial charge in [0, 0.05) is 28.6 Å². The Balaban J connectivity index is 1.52. The molecule has 276 valence electrons. The Kier molecular flexibility index (Phi) is 27.1. The lowest BCUT2D eigenvalue weighted by atomic mass is 10.0. The average molecular weight is 831 g/mol. The van der Waals surface area contributed by atoms with E-state index in [1.54, 1.807) is 22.7 Å². The number of Topliss-reactive ketones (excluding diaryl/α,β-unsaturated/α-hetero) is 2. The first-order valence-corrected chi connectivity index (χ1v) is 23.7. The van der Waals surface area contributed by atoms with Crippen molar-refractivity contribution in [1.82, 2.24) is 0 Å².